The molecule has 1 aromatic carbocycles. The second-order valence-corrected chi connectivity index (χ2v) is 8.11. The van der Waals surface area contributed by atoms with E-state index in [1.54, 1.807) is 19.1 Å². The highest BCUT2D eigenvalue weighted by atomic mass is 32.1. The monoisotopic (exact) mass is 403 g/mol. The third kappa shape index (κ3) is 3.34. The summed E-state index contributed by atoms with van der Waals surface area (Å²) < 4.78 is 7.30. The van der Waals surface area contributed by atoms with Crippen molar-refractivity contribution in [1.29, 1.82) is 0 Å². The normalized spacial score (nSPS) is 21.8. The summed E-state index contributed by atoms with van der Waals surface area (Å²) in [5.41, 5.74) is 0.900. The van der Waals surface area contributed by atoms with E-state index in [1.165, 1.54) is 28.0 Å². The Morgan fingerprint density at radius 1 is 1.29 bits per heavy atom. The molecule has 1 fully saturated rings. The van der Waals surface area contributed by atoms with Gasteiger partial charge in [-0.2, -0.15) is 4.52 Å². The molecule has 1 aliphatic rings. The van der Waals surface area contributed by atoms with E-state index >= 15 is 0 Å². The molecule has 9 nitrogen and oxygen atoms in total. The molecule has 0 saturated carbocycles. The zero-order chi connectivity index (χ0) is 20.0. The van der Waals surface area contributed by atoms with Crippen molar-refractivity contribution in [3.8, 4) is 5.88 Å². The van der Waals surface area contributed by atoms with E-state index in [0.29, 0.717) is 28.8 Å². The number of fused-ring (bicyclic) bond motifs is 1. The third-order valence-corrected chi connectivity index (χ3v) is 5.86. The minimum Gasteiger partial charge on any atom is -0.492 e. The van der Waals surface area contributed by atoms with Crippen molar-refractivity contribution in [2.24, 2.45) is 0 Å². The van der Waals surface area contributed by atoms with Crippen molar-refractivity contribution in [3.05, 3.63) is 50.6 Å². The van der Waals surface area contributed by atoms with Gasteiger partial charge in [0.2, 0.25) is 10.8 Å². The average molecular weight is 403 g/mol. The Bertz CT molecular complexity index is 1010. The van der Waals surface area contributed by atoms with Crippen molar-refractivity contribution in [2.75, 3.05) is 13.1 Å². The first-order valence-electron chi connectivity index (χ1n) is 9.02. The van der Waals surface area contributed by atoms with E-state index in [4.69, 9.17) is 4.74 Å². The highest BCUT2D eigenvalue weighted by Gasteiger charge is 2.34. The summed E-state index contributed by atoms with van der Waals surface area (Å²) in [5, 5.41) is 26.1. The quantitative estimate of drug-likeness (QED) is 0.527. The number of morpholine rings is 1. The van der Waals surface area contributed by atoms with Gasteiger partial charge in [0, 0.05) is 25.2 Å². The number of nitrogens with zero attached hydrogens (tertiary/aromatic N) is 5. The van der Waals surface area contributed by atoms with E-state index in [9.17, 15) is 15.2 Å². The highest BCUT2D eigenvalue weighted by molar-refractivity contribution is 7.17. The summed E-state index contributed by atoms with van der Waals surface area (Å²) in [7, 11) is 0. The molecule has 0 bridgehead atoms. The van der Waals surface area contributed by atoms with Gasteiger partial charge in [-0.3, -0.25) is 15.0 Å². The van der Waals surface area contributed by atoms with Crippen LogP contribution in [-0.2, 0) is 4.74 Å². The SMILES string of the molecule is Cc1nc2sc([C@@H](c3ccc([N+](=O)[O-])cc3)N3C[C@@H](C)O[C@H](C)C3)c(O)n2n1. The number of rotatable bonds is 4. The lowest BCUT2D eigenvalue weighted by Gasteiger charge is -2.40. The minimum atomic E-state index is -0.416. The molecule has 2 aromatic heterocycles. The van der Waals surface area contributed by atoms with Gasteiger partial charge in [0.15, 0.2) is 0 Å². The molecule has 0 amide bonds. The smallest absolute Gasteiger partial charge is 0.269 e. The first-order valence-corrected chi connectivity index (χ1v) is 9.84. The van der Waals surface area contributed by atoms with Gasteiger partial charge in [0.1, 0.15) is 5.82 Å². The summed E-state index contributed by atoms with van der Waals surface area (Å²) in [4.78, 5) is 18.5. The molecule has 28 heavy (non-hydrogen) atoms. The van der Waals surface area contributed by atoms with Crippen LogP contribution in [0.15, 0.2) is 24.3 Å². The third-order valence-electron chi connectivity index (χ3n) is 4.79. The highest BCUT2D eigenvalue weighted by Crippen LogP contribution is 2.41. The number of nitro benzene ring substituents is 1. The minimum absolute atomic E-state index is 0.0358. The van der Waals surface area contributed by atoms with E-state index in [0.717, 1.165) is 5.56 Å². The number of hydrogen-bond acceptors (Lipinski definition) is 8. The Kier molecular flexibility index (Phi) is 4.77. The van der Waals surface area contributed by atoms with Gasteiger partial charge in [-0.05, 0) is 26.3 Å². The first-order chi connectivity index (χ1) is 13.3. The Labute approximate surface area is 165 Å². The average Bonchev–Trinajstić information content (AvgIpc) is 3.13. The fourth-order valence-corrected chi connectivity index (χ4v) is 4.92. The predicted molar refractivity (Wildman–Crippen MR) is 104 cm³/mol. The summed E-state index contributed by atoms with van der Waals surface area (Å²) >= 11 is 1.38. The lowest BCUT2D eigenvalue weighted by atomic mass is 10.0. The van der Waals surface area contributed by atoms with Crippen molar-refractivity contribution in [2.45, 2.75) is 39.0 Å². The van der Waals surface area contributed by atoms with Crippen LogP contribution in [0.2, 0.25) is 0 Å². The molecule has 148 valence electrons. The lowest BCUT2D eigenvalue weighted by Crippen LogP contribution is -2.47. The molecule has 3 atom stereocenters. The fraction of sp³-hybridized carbons (Fsp3) is 0.444. The molecule has 3 heterocycles. The van der Waals surface area contributed by atoms with Gasteiger partial charge in [-0.15, -0.1) is 5.10 Å². The second kappa shape index (κ2) is 7.12. The molecule has 0 unspecified atom stereocenters. The summed E-state index contributed by atoms with van der Waals surface area (Å²) in [6.07, 6.45) is 0.0757. The van der Waals surface area contributed by atoms with E-state index in [1.807, 2.05) is 13.8 Å². The van der Waals surface area contributed by atoms with Crippen LogP contribution in [0.3, 0.4) is 0 Å². The topological polar surface area (TPSA) is 106 Å². The molecule has 1 aliphatic heterocycles. The lowest BCUT2D eigenvalue weighted by molar-refractivity contribution is -0.384. The number of ether oxygens (including phenoxy) is 1. The maximum absolute atomic E-state index is 11.0. The van der Waals surface area contributed by atoms with Gasteiger partial charge in [0.05, 0.1) is 28.1 Å². The van der Waals surface area contributed by atoms with Gasteiger partial charge < -0.3 is 9.84 Å². The van der Waals surface area contributed by atoms with Crippen LogP contribution in [0.4, 0.5) is 5.69 Å². The van der Waals surface area contributed by atoms with Gasteiger partial charge in [-0.25, -0.2) is 4.98 Å². The standard InChI is InChI=1S/C18H21N5O4S/c1-10-8-21(9-11(2)27-10)15(13-4-6-14(7-5-13)23(25)26)16-17(24)22-18(28-16)19-12(3)20-22/h4-7,10-11,15,24H,8-9H2,1-3H3/t10-,11-,15-/m1/s1. The van der Waals surface area contributed by atoms with Crippen LogP contribution in [-0.4, -0.2) is 54.8 Å². The van der Waals surface area contributed by atoms with Crippen LogP contribution in [0.25, 0.3) is 4.96 Å². The number of nitro groups is 1. The molecular weight excluding hydrogens is 382 g/mol. The number of benzene rings is 1. The molecule has 0 radical (unpaired) electrons. The summed E-state index contributed by atoms with van der Waals surface area (Å²) in [6.45, 7) is 7.16. The number of non-ortho nitro benzene ring substituents is 1. The van der Waals surface area contributed by atoms with Crippen LogP contribution >= 0.6 is 11.3 Å². The zero-order valence-electron chi connectivity index (χ0n) is 15.8. The number of aromatic nitrogens is 3. The van der Waals surface area contributed by atoms with Gasteiger partial charge in [0.25, 0.3) is 5.69 Å². The molecule has 0 aliphatic carbocycles. The molecule has 3 aromatic rings. The van der Waals surface area contributed by atoms with Gasteiger partial charge in [-0.1, -0.05) is 23.5 Å². The van der Waals surface area contributed by atoms with Crippen molar-refractivity contribution < 1.29 is 14.8 Å². The fourth-order valence-electron chi connectivity index (χ4n) is 3.76. The predicted octanol–water partition coefficient (Wildman–Crippen LogP) is 2.91. The number of hydrogen-bond donors (Lipinski definition) is 1. The van der Waals surface area contributed by atoms with Crippen molar-refractivity contribution in [1.82, 2.24) is 19.5 Å². The van der Waals surface area contributed by atoms with Crippen LogP contribution in [0.1, 0.15) is 36.2 Å². The first kappa shape index (κ1) is 18.8. The molecular formula is C18H21N5O4S. The summed E-state index contributed by atoms with van der Waals surface area (Å²) in [5.74, 6) is 0.643. The molecule has 1 N–H and O–H groups in total. The Balaban J connectivity index is 1.81. The van der Waals surface area contributed by atoms with E-state index < -0.39 is 4.92 Å². The van der Waals surface area contributed by atoms with E-state index in [2.05, 4.69) is 15.0 Å². The molecule has 1 saturated heterocycles. The Morgan fingerprint density at radius 2 is 1.93 bits per heavy atom. The van der Waals surface area contributed by atoms with Crippen molar-refractivity contribution >= 4 is 22.0 Å². The van der Waals surface area contributed by atoms with Crippen molar-refractivity contribution in [3.63, 3.8) is 0 Å². The largest absolute Gasteiger partial charge is 0.492 e. The number of aromatic hydroxyl groups is 1. The molecule has 0 spiro atoms. The van der Waals surface area contributed by atoms with Crippen LogP contribution in [0.5, 0.6) is 5.88 Å². The Hall–Kier alpha value is -2.56. The van der Waals surface area contributed by atoms with Crippen LogP contribution in [0, 0.1) is 17.0 Å². The number of aryl methyl sites for hydroxylation is 1. The second-order valence-electron chi connectivity index (χ2n) is 7.11. The summed E-state index contributed by atoms with van der Waals surface area (Å²) in [6, 6.07) is 6.20. The van der Waals surface area contributed by atoms with Gasteiger partial charge >= 0.3 is 0 Å². The van der Waals surface area contributed by atoms with E-state index in [-0.39, 0.29) is 29.8 Å². The maximum atomic E-state index is 11.0. The van der Waals surface area contributed by atoms with Crippen LogP contribution < -0.4 is 0 Å². The zero-order valence-corrected chi connectivity index (χ0v) is 16.6. The molecule has 10 heteroatoms. The Morgan fingerprint density at radius 3 is 2.50 bits per heavy atom. The maximum Gasteiger partial charge on any atom is 0.269 e. The molecule has 4 rings (SSSR count). The number of thiazole rings is 1.